The molecule has 4 heteroatoms. The number of aryl methyl sites for hydroxylation is 2. The zero-order valence-corrected chi connectivity index (χ0v) is 11.3. The van der Waals surface area contributed by atoms with Gasteiger partial charge in [-0.25, -0.2) is 9.97 Å². The smallest absolute Gasteiger partial charge is 0.212 e. The second-order valence-corrected chi connectivity index (χ2v) is 5.09. The van der Waals surface area contributed by atoms with Crippen molar-refractivity contribution in [2.24, 2.45) is 0 Å². The van der Waals surface area contributed by atoms with Crippen LogP contribution in [0.15, 0.2) is 36.7 Å². The van der Waals surface area contributed by atoms with Gasteiger partial charge in [-0.05, 0) is 37.5 Å². The zero-order valence-electron chi connectivity index (χ0n) is 11.3. The third-order valence-corrected chi connectivity index (χ3v) is 3.91. The minimum atomic E-state index is 0.637. The fourth-order valence-electron chi connectivity index (χ4n) is 2.87. The minimum absolute atomic E-state index is 0.637. The quantitative estimate of drug-likeness (QED) is 0.715. The molecule has 0 aliphatic heterocycles. The normalized spacial score (nSPS) is 13.7. The van der Waals surface area contributed by atoms with E-state index in [0.29, 0.717) is 5.88 Å². The summed E-state index contributed by atoms with van der Waals surface area (Å²) in [6, 6.07) is 8.10. The highest BCUT2D eigenvalue weighted by Gasteiger charge is 2.17. The largest absolute Gasteiger partial charge is 0.481 e. The van der Waals surface area contributed by atoms with Gasteiger partial charge in [0.05, 0.1) is 12.8 Å². The Morgan fingerprint density at radius 2 is 2.00 bits per heavy atom. The first-order valence-corrected chi connectivity index (χ1v) is 6.85. The van der Waals surface area contributed by atoms with E-state index in [9.17, 15) is 0 Å². The van der Waals surface area contributed by atoms with Gasteiger partial charge in [-0.2, -0.15) is 0 Å². The van der Waals surface area contributed by atoms with Gasteiger partial charge in [-0.1, -0.05) is 0 Å². The van der Waals surface area contributed by atoms with Crippen LogP contribution >= 0.6 is 0 Å². The highest BCUT2D eigenvalue weighted by molar-refractivity contribution is 5.64. The van der Waals surface area contributed by atoms with Crippen molar-refractivity contribution in [1.82, 2.24) is 14.4 Å². The number of fused-ring (bicyclic) bond motifs is 3. The summed E-state index contributed by atoms with van der Waals surface area (Å²) in [4.78, 5) is 8.95. The van der Waals surface area contributed by atoms with Crippen molar-refractivity contribution in [3.8, 4) is 17.0 Å². The van der Waals surface area contributed by atoms with Crippen LogP contribution in [-0.2, 0) is 12.8 Å². The van der Waals surface area contributed by atoms with E-state index in [1.54, 1.807) is 7.11 Å². The van der Waals surface area contributed by atoms with E-state index in [-0.39, 0.29) is 0 Å². The lowest BCUT2D eigenvalue weighted by Gasteiger charge is -2.05. The van der Waals surface area contributed by atoms with E-state index in [1.165, 1.54) is 17.8 Å². The van der Waals surface area contributed by atoms with Crippen LogP contribution in [0.2, 0.25) is 0 Å². The van der Waals surface area contributed by atoms with Gasteiger partial charge < -0.3 is 9.14 Å². The lowest BCUT2D eigenvalue weighted by Crippen LogP contribution is -1.92. The Morgan fingerprint density at radius 1 is 1.10 bits per heavy atom. The minimum Gasteiger partial charge on any atom is -0.481 e. The molecule has 0 atom stereocenters. The molecular weight excluding hydrogens is 250 g/mol. The number of aromatic nitrogens is 3. The van der Waals surface area contributed by atoms with Crippen LogP contribution in [0, 0.1) is 0 Å². The molecule has 3 heterocycles. The van der Waals surface area contributed by atoms with Crippen LogP contribution in [0.1, 0.15) is 17.8 Å². The molecule has 4 rings (SSSR count). The maximum absolute atomic E-state index is 5.10. The van der Waals surface area contributed by atoms with Crippen LogP contribution in [0.25, 0.3) is 16.8 Å². The summed E-state index contributed by atoms with van der Waals surface area (Å²) in [5.41, 5.74) is 5.91. The molecule has 3 aromatic rings. The van der Waals surface area contributed by atoms with Crippen molar-refractivity contribution < 1.29 is 4.74 Å². The summed E-state index contributed by atoms with van der Waals surface area (Å²) in [7, 11) is 1.63. The highest BCUT2D eigenvalue weighted by atomic mass is 16.5. The average Bonchev–Trinajstić information content (AvgIpc) is 3.07. The third kappa shape index (κ3) is 1.68. The molecule has 0 amide bonds. The van der Waals surface area contributed by atoms with E-state index in [0.717, 1.165) is 29.6 Å². The van der Waals surface area contributed by atoms with Gasteiger partial charge in [0.25, 0.3) is 0 Å². The van der Waals surface area contributed by atoms with Gasteiger partial charge in [0, 0.05) is 35.3 Å². The van der Waals surface area contributed by atoms with Crippen molar-refractivity contribution in [2.45, 2.75) is 19.3 Å². The number of hydrogen-bond acceptors (Lipinski definition) is 3. The summed E-state index contributed by atoms with van der Waals surface area (Å²) in [5, 5.41) is 0. The predicted molar refractivity (Wildman–Crippen MR) is 77.0 cm³/mol. The van der Waals surface area contributed by atoms with E-state index >= 15 is 0 Å². The van der Waals surface area contributed by atoms with Crippen molar-refractivity contribution in [3.05, 3.63) is 48.0 Å². The molecule has 0 unspecified atom stereocenters. The third-order valence-electron chi connectivity index (χ3n) is 3.91. The molecule has 0 aromatic carbocycles. The van der Waals surface area contributed by atoms with Crippen LogP contribution < -0.4 is 4.74 Å². The summed E-state index contributed by atoms with van der Waals surface area (Å²) >= 11 is 0. The van der Waals surface area contributed by atoms with Crippen molar-refractivity contribution in [2.75, 3.05) is 7.11 Å². The average molecular weight is 265 g/mol. The number of hydrogen-bond donors (Lipinski definition) is 0. The van der Waals surface area contributed by atoms with Gasteiger partial charge in [-0.3, -0.25) is 0 Å². The Kier molecular flexibility index (Phi) is 2.49. The summed E-state index contributed by atoms with van der Waals surface area (Å²) in [6.45, 7) is 0. The van der Waals surface area contributed by atoms with Crippen LogP contribution in [0.4, 0.5) is 0 Å². The van der Waals surface area contributed by atoms with E-state index in [1.807, 2.05) is 18.3 Å². The first-order valence-electron chi connectivity index (χ1n) is 6.85. The molecule has 20 heavy (non-hydrogen) atoms. The fraction of sp³-hybridized carbons (Fsp3) is 0.250. The zero-order chi connectivity index (χ0) is 13.5. The number of rotatable bonds is 2. The number of pyridine rings is 2. The molecule has 0 radical (unpaired) electrons. The second-order valence-electron chi connectivity index (χ2n) is 5.09. The molecule has 0 saturated heterocycles. The Morgan fingerprint density at radius 3 is 2.80 bits per heavy atom. The monoisotopic (exact) mass is 265 g/mol. The van der Waals surface area contributed by atoms with Crippen molar-refractivity contribution in [1.29, 1.82) is 0 Å². The lowest BCUT2D eigenvalue weighted by atomic mass is 10.1. The van der Waals surface area contributed by atoms with E-state index in [2.05, 4.69) is 32.7 Å². The molecule has 1 aliphatic carbocycles. The standard InChI is InChI=1S/C16H15N3O/c1-20-16-8-6-11(9-17-16)12-5-7-15-18-13-3-2-4-14(13)19(15)10-12/h5-10H,2-4H2,1H3. The number of imidazole rings is 1. The number of ether oxygens (including phenoxy) is 1. The van der Waals surface area contributed by atoms with Crippen LogP contribution in [0.3, 0.4) is 0 Å². The maximum Gasteiger partial charge on any atom is 0.212 e. The second kappa shape index (κ2) is 4.34. The van der Waals surface area contributed by atoms with Gasteiger partial charge in [0.2, 0.25) is 5.88 Å². The maximum atomic E-state index is 5.10. The Bertz CT molecular complexity index is 774. The first-order chi connectivity index (χ1) is 9.85. The molecule has 0 saturated carbocycles. The van der Waals surface area contributed by atoms with Gasteiger partial charge >= 0.3 is 0 Å². The van der Waals surface area contributed by atoms with Crippen molar-refractivity contribution >= 4 is 5.65 Å². The summed E-state index contributed by atoms with van der Waals surface area (Å²) in [6.07, 6.45) is 7.46. The Balaban J connectivity index is 1.83. The summed E-state index contributed by atoms with van der Waals surface area (Å²) in [5.74, 6) is 0.637. The molecule has 4 nitrogen and oxygen atoms in total. The Labute approximate surface area is 117 Å². The molecular formula is C16H15N3O. The molecule has 0 fully saturated rings. The Hall–Kier alpha value is -2.36. The SMILES string of the molecule is COc1ccc(-c2ccc3nc4c(n3c2)CCC4)cn1. The van der Waals surface area contributed by atoms with E-state index < -0.39 is 0 Å². The molecule has 1 aliphatic rings. The number of methoxy groups -OCH3 is 1. The first kappa shape index (κ1) is 11.5. The van der Waals surface area contributed by atoms with Gasteiger partial charge in [-0.15, -0.1) is 0 Å². The molecule has 3 aromatic heterocycles. The van der Waals surface area contributed by atoms with Crippen LogP contribution in [0.5, 0.6) is 5.88 Å². The molecule has 100 valence electrons. The molecule has 0 spiro atoms. The summed E-state index contributed by atoms with van der Waals surface area (Å²) < 4.78 is 7.32. The van der Waals surface area contributed by atoms with Crippen LogP contribution in [-0.4, -0.2) is 21.5 Å². The molecule has 0 N–H and O–H groups in total. The van der Waals surface area contributed by atoms with Gasteiger partial charge in [0.15, 0.2) is 0 Å². The lowest BCUT2D eigenvalue weighted by molar-refractivity contribution is 0.398. The highest BCUT2D eigenvalue weighted by Crippen LogP contribution is 2.26. The number of nitrogens with zero attached hydrogens (tertiary/aromatic N) is 3. The van der Waals surface area contributed by atoms with E-state index in [4.69, 9.17) is 4.74 Å². The predicted octanol–water partition coefficient (Wildman–Crippen LogP) is 2.89. The van der Waals surface area contributed by atoms with Crippen molar-refractivity contribution in [3.63, 3.8) is 0 Å². The topological polar surface area (TPSA) is 39.4 Å². The van der Waals surface area contributed by atoms with Gasteiger partial charge in [0.1, 0.15) is 5.65 Å². The molecule has 0 bridgehead atoms. The fourth-order valence-corrected chi connectivity index (χ4v) is 2.87.